The molecule has 0 aliphatic rings. The third-order valence-corrected chi connectivity index (χ3v) is 4.48. The van der Waals surface area contributed by atoms with Crippen LogP contribution >= 0.6 is 7.60 Å². The highest BCUT2D eigenvalue weighted by Gasteiger charge is 2.23. The number of nitrogens with zero attached hydrogens (tertiary/aromatic N) is 1. The average Bonchev–Trinajstić information content (AvgIpc) is 2.12. The van der Waals surface area contributed by atoms with E-state index in [1.807, 2.05) is 28.1 Å². The van der Waals surface area contributed by atoms with Gasteiger partial charge in [-0.05, 0) is 31.1 Å². The van der Waals surface area contributed by atoms with Crippen molar-refractivity contribution < 1.29 is 18.5 Å². The van der Waals surface area contributed by atoms with Gasteiger partial charge in [-0.25, -0.2) is 0 Å². The van der Waals surface area contributed by atoms with Gasteiger partial charge < -0.3 is 13.9 Å². The Bertz CT molecular complexity index is 287. The van der Waals surface area contributed by atoms with Gasteiger partial charge >= 0.3 is 7.60 Å². The Hall–Kier alpha value is 0.110. The number of hydrogen-bond acceptors (Lipinski definition) is 2. The summed E-state index contributed by atoms with van der Waals surface area (Å²) in [5.41, 5.74) is 0. The molecule has 19 heavy (non-hydrogen) atoms. The quantitative estimate of drug-likeness (QED) is 0.497. The monoisotopic (exact) mass is 293 g/mol. The third kappa shape index (κ3) is 12.9. The molecule has 0 spiro atoms. The average molecular weight is 293 g/mol. The first-order chi connectivity index (χ1) is 8.52. The van der Waals surface area contributed by atoms with Crippen LogP contribution in [0.4, 0.5) is 0 Å². The van der Waals surface area contributed by atoms with E-state index in [2.05, 4.69) is 20.3 Å². The Kier molecular flexibility index (Phi) is 8.46. The van der Waals surface area contributed by atoms with Crippen molar-refractivity contribution >= 4 is 7.60 Å². The normalized spacial score (nSPS) is 17.5. The lowest BCUT2D eigenvalue weighted by Gasteiger charge is -2.24. The number of rotatable bonds is 10. The van der Waals surface area contributed by atoms with Crippen LogP contribution < -0.4 is 0 Å². The van der Waals surface area contributed by atoms with Crippen molar-refractivity contribution in [3.8, 4) is 0 Å². The molecule has 0 aromatic carbocycles. The fraction of sp³-hybridized carbons (Fsp3) is 0.929. The predicted octanol–water partition coefficient (Wildman–Crippen LogP) is 3.17. The van der Waals surface area contributed by atoms with E-state index in [1.165, 1.54) is 0 Å². The summed E-state index contributed by atoms with van der Waals surface area (Å²) in [6.07, 6.45) is 4.39. The first-order valence-electron chi connectivity index (χ1n) is 7.10. The summed E-state index contributed by atoms with van der Waals surface area (Å²) in [5, 5.41) is 0. The Balaban J connectivity index is 3.91. The highest BCUT2D eigenvalue weighted by atomic mass is 31.2. The van der Waals surface area contributed by atoms with Crippen molar-refractivity contribution in [2.24, 2.45) is 11.8 Å². The van der Waals surface area contributed by atoms with E-state index in [9.17, 15) is 9.46 Å². The van der Waals surface area contributed by atoms with Gasteiger partial charge in [0.15, 0.2) is 0 Å². The van der Waals surface area contributed by atoms with Gasteiger partial charge in [0.25, 0.3) is 0 Å². The van der Waals surface area contributed by atoms with E-state index in [-0.39, 0.29) is 12.1 Å². The molecule has 0 bridgehead atoms. The number of likely N-dealkylation sites (N-methyl/N-ethyl adjacent to an activating group) is 1. The van der Waals surface area contributed by atoms with Gasteiger partial charge in [-0.3, -0.25) is 4.57 Å². The van der Waals surface area contributed by atoms with Crippen molar-refractivity contribution in [3.63, 3.8) is 0 Å². The molecule has 115 valence electrons. The molecule has 0 amide bonds. The van der Waals surface area contributed by atoms with Crippen molar-refractivity contribution in [1.82, 2.24) is 0 Å². The maximum absolute atomic E-state index is 11.9. The van der Waals surface area contributed by atoms with Crippen molar-refractivity contribution in [2.45, 2.75) is 33.6 Å². The molecule has 2 unspecified atom stereocenters. The second-order valence-electron chi connectivity index (χ2n) is 6.93. The smallest absolute Gasteiger partial charge is 0.328 e. The minimum absolute atomic E-state index is 0.193. The second kappa shape index (κ2) is 8.41. The molecule has 0 aromatic heterocycles. The highest BCUT2D eigenvalue weighted by Crippen LogP contribution is 2.44. The van der Waals surface area contributed by atoms with Crippen LogP contribution in [0, 0.1) is 18.3 Å². The minimum Gasteiger partial charge on any atom is -0.329 e. The summed E-state index contributed by atoms with van der Waals surface area (Å²) in [7, 11) is 2.68. The molecule has 2 atom stereocenters. The summed E-state index contributed by atoms with van der Waals surface area (Å²) in [4.78, 5) is 9.80. The molecule has 0 fully saturated rings. The second-order valence-corrected chi connectivity index (χ2v) is 8.82. The summed E-state index contributed by atoms with van der Waals surface area (Å²) in [6, 6.07) is 0. The zero-order valence-electron chi connectivity index (χ0n) is 13.4. The van der Waals surface area contributed by atoms with E-state index in [0.717, 1.165) is 23.9 Å². The standard InChI is InChI=1S/C14H31NO3P/c1-13(2)8-7-9-14(3)12-19(16,17)18-11-10-15(4,5)6/h7,13-14H,8-12H2,1-6H3/p+1. The summed E-state index contributed by atoms with van der Waals surface area (Å²) in [6.45, 7) is 7.42. The Labute approximate surface area is 119 Å². The molecular weight excluding hydrogens is 261 g/mol. The molecule has 0 aromatic rings. The highest BCUT2D eigenvalue weighted by molar-refractivity contribution is 7.52. The van der Waals surface area contributed by atoms with Gasteiger partial charge in [-0.2, -0.15) is 0 Å². The lowest BCUT2D eigenvalue weighted by Crippen LogP contribution is -2.37. The van der Waals surface area contributed by atoms with E-state index in [0.29, 0.717) is 12.5 Å². The molecule has 1 N–H and O–H groups in total. The van der Waals surface area contributed by atoms with E-state index in [4.69, 9.17) is 4.52 Å². The van der Waals surface area contributed by atoms with Gasteiger partial charge in [0.1, 0.15) is 13.2 Å². The van der Waals surface area contributed by atoms with Gasteiger partial charge in [0.05, 0.1) is 27.3 Å². The third-order valence-electron chi connectivity index (χ3n) is 2.80. The van der Waals surface area contributed by atoms with Crippen molar-refractivity contribution in [1.29, 1.82) is 0 Å². The van der Waals surface area contributed by atoms with Gasteiger partial charge in [0.2, 0.25) is 0 Å². The summed E-state index contributed by atoms with van der Waals surface area (Å²) >= 11 is 0. The van der Waals surface area contributed by atoms with Crippen molar-refractivity contribution in [3.05, 3.63) is 6.42 Å². The molecule has 0 saturated carbocycles. The molecule has 4 nitrogen and oxygen atoms in total. The van der Waals surface area contributed by atoms with E-state index >= 15 is 0 Å². The SMILES string of the molecule is CC(C)C[CH]CC(C)CP(=O)(O)OCC[N+](C)(C)C. The van der Waals surface area contributed by atoms with E-state index in [1.54, 1.807) is 0 Å². The maximum atomic E-state index is 11.9. The van der Waals surface area contributed by atoms with Crippen LogP contribution in [-0.2, 0) is 9.09 Å². The molecule has 0 rings (SSSR count). The van der Waals surface area contributed by atoms with Crippen LogP contribution in [0.5, 0.6) is 0 Å². The molecule has 0 heterocycles. The first-order valence-corrected chi connectivity index (χ1v) is 8.86. The van der Waals surface area contributed by atoms with Crippen molar-refractivity contribution in [2.75, 3.05) is 40.5 Å². The first kappa shape index (κ1) is 19.1. The fourth-order valence-electron chi connectivity index (χ4n) is 1.69. The lowest BCUT2D eigenvalue weighted by atomic mass is 10.0. The summed E-state index contributed by atoms with van der Waals surface area (Å²) in [5.74, 6) is 0.840. The fourth-order valence-corrected chi connectivity index (χ4v) is 3.10. The zero-order chi connectivity index (χ0) is 15.1. The molecule has 0 aliphatic carbocycles. The molecule has 0 aliphatic heterocycles. The van der Waals surface area contributed by atoms with Gasteiger partial charge in [-0.15, -0.1) is 0 Å². The van der Waals surface area contributed by atoms with Crippen LogP contribution in [0.2, 0.25) is 0 Å². The van der Waals surface area contributed by atoms with Crippen LogP contribution in [0.1, 0.15) is 33.6 Å². The van der Waals surface area contributed by atoms with Crippen LogP contribution in [0.15, 0.2) is 0 Å². The van der Waals surface area contributed by atoms with Crippen LogP contribution in [-0.4, -0.2) is 49.8 Å². The number of hydrogen-bond donors (Lipinski definition) is 1. The number of quaternary nitrogens is 1. The lowest BCUT2D eigenvalue weighted by molar-refractivity contribution is -0.870. The Morgan fingerprint density at radius 1 is 1.21 bits per heavy atom. The molecular formula is C14H32NO3P+. The zero-order valence-corrected chi connectivity index (χ0v) is 14.3. The molecule has 1 radical (unpaired) electrons. The predicted molar refractivity (Wildman–Crippen MR) is 81.1 cm³/mol. The van der Waals surface area contributed by atoms with E-state index < -0.39 is 7.60 Å². The summed E-state index contributed by atoms with van der Waals surface area (Å²) < 4.78 is 17.8. The molecule has 0 saturated heterocycles. The van der Waals surface area contributed by atoms with Gasteiger partial charge in [0, 0.05) is 0 Å². The minimum atomic E-state index is -3.43. The van der Waals surface area contributed by atoms with Gasteiger partial charge in [-0.1, -0.05) is 20.8 Å². The van der Waals surface area contributed by atoms with Crippen LogP contribution in [0.3, 0.4) is 0 Å². The van der Waals surface area contributed by atoms with Crippen LogP contribution in [0.25, 0.3) is 0 Å². The maximum Gasteiger partial charge on any atom is 0.328 e. The topological polar surface area (TPSA) is 46.5 Å². The Morgan fingerprint density at radius 2 is 1.79 bits per heavy atom. The molecule has 5 heteroatoms. The largest absolute Gasteiger partial charge is 0.329 e. The Morgan fingerprint density at radius 3 is 2.26 bits per heavy atom.